The standard InChI is InChI=1S/C11H16N4S2/c1-16-10-9(14)8(6-12)17-11(10)15-4-2-7(13)3-5-15/h7H,2-5,13-14H2,1H3. The Labute approximate surface area is 110 Å². The summed E-state index contributed by atoms with van der Waals surface area (Å²) >= 11 is 3.11. The van der Waals surface area contributed by atoms with E-state index in [9.17, 15) is 0 Å². The average Bonchev–Trinajstić information content (AvgIpc) is 2.66. The Bertz CT molecular complexity index is 441. The van der Waals surface area contributed by atoms with Crippen LogP contribution in [0.4, 0.5) is 10.7 Å². The van der Waals surface area contributed by atoms with Gasteiger partial charge in [0.15, 0.2) is 0 Å². The van der Waals surface area contributed by atoms with E-state index in [0.29, 0.717) is 16.6 Å². The van der Waals surface area contributed by atoms with Crippen molar-refractivity contribution in [3.05, 3.63) is 4.88 Å². The van der Waals surface area contributed by atoms with Gasteiger partial charge >= 0.3 is 0 Å². The van der Waals surface area contributed by atoms with Crippen LogP contribution in [0.25, 0.3) is 0 Å². The lowest BCUT2D eigenvalue weighted by Gasteiger charge is -2.31. The van der Waals surface area contributed by atoms with Gasteiger partial charge < -0.3 is 16.4 Å². The van der Waals surface area contributed by atoms with E-state index in [1.54, 1.807) is 11.8 Å². The highest BCUT2D eigenvalue weighted by atomic mass is 32.2. The van der Waals surface area contributed by atoms with Crippen LogP contribution in [-0.4, -0.2) is 25.4 Å². The SMILES string of the molecule is CSc1c(N2CCC(N)CC2)sc(C#N)c1N. The predicted octanol–water partition coefficient (Wildman–Crippen LogP) is 1.85. The normalized spacial score (nSPS) is 17.1. The molecule has 17 heavy (non-hydrogen) atoms. The third-order valence-electron chi connectivity index (χ3n) is 3.01. The first-order chi connectivity index (χ1) is 8.17. The zero-order chi connectivity index (χ0) is 12.4. The molecule has 4 nitrogen and oxygen atoms in total. The highest BCUT2D eigenvalue weighted by Crippen LogP contribution is 2.44. The van der Waals surface area contributed by atoms with Crippen LogP contribution in [0.2, 0.25) is 0 Å². The molecule has 2 heterocycles. The van der Waals surface area contributed by atoms with Crippen molar-refractivity contribution >= 4 is 33.8 Å². The van der Waals surface area contributed by atoms with Crippen molar-refractivity contribution in [3.63, 3.8) is 0 Å². The molecule has 1 aliphatic heterocycles. The first-order valence-corrected chi connectivity index (χ1v) is 7.58. The number of nitrogens with zero attached hydrogens (tertiary/aromatic N) is 2. The molecule has 0 aliphatic carbocycles. The summed E-state index contributed by atoms with van der Waals surface area (Å²) in [7, 11) is 0. The summed E-state index contributed by atoms with van der Waals surface area (Å²) in [6.45, 7) is 1.92. The van der Waals surface area contributed by atoms with Crippen molar-refractivity contribution in [1.82, 2.24) is 0 Å². The Hall–Kier alpha value is -0.900. The number of nitrogens with two attached hydrogens (primary N) is 2. The zero-order valence-corrected chi connectivity index (χ0v) is 11.4. The van der Waals surface area contributed by atoms with Gasteiger partial charge in [0.2, 0.25) is 0 Å². The lowest BCUT2D eigenvalue weighted by molar-refractivity contribution is 0.502. The fraction of sp³-hybridized carbons (Fsp3) is 0.545. The Morgan fingerprint density at radius 3 is 2.65 bits per heavy atom. The van der Waals surface area contributed by atoms with Gasteiger partial charge in [-0.05, 0) is 19.1 Å². The van der Waals surface area contributed by atoms with Crippen molar-refractivity contribution < 1.29 is 0 Å². The maximum atomic E-state index is 9.02. The monoisotopic (exact) mass is 268 g/mol. The third kappa shape index (κ3) is 2.37. The first-order valence-electron chi connectivity index (χ1n) is 5.54. The topological polar surface area (TPSA) is 79.1 Å². The van der Waals surface area contributed by atoms with Crippen LogP contribution in [0.3, 0.4) is 0 Å². The number of hydrogen-bond donors (Lipinski definition) is 2. The molecular weight excluding hydrogens is 252 g/mol. The number of thiophene rings is 1. The molecular formula is C11H16N4S2. The maximum Gasteiger partial charge on any atom is 0.131 e. The van der Waals surface area contributed by atoms with Crippen LogP contribution in [0, 0.1) is 11.3 Å². The van der Waals surface area contributed by atoms with Gasteiger partial charge in [-0.15, -0.1) is 23.1 Å². The highest BCUT2D eigenvalue weighted by molar-refractivity contribution is 7.99. The summed E-state index contributed by atoms with van der Waals surface area (Å²) < 4.78 is 0. The second-order valence-electron chi connectivity index (χ2n) is 4.12. The molecule has 1 aliphatic rings. The van der Waals surface area contributed by atoms with Gasteiger partial charge in [0.25, 0.3) is 0 Å². The minimum atomic E-state index is 0.316. The molecule has 1 aromatic heterocycles. The largest absolute Gasteiger partial charge is 0.396 e. The predicted molar refractivity (Wildman–Crippen MR) is 74.6 cm³/mol. The molecule has 1 aromatic rings. The molecule has 0 radical (unpaired) electrons. The second kappa shape index (κ2) is 5.17. The van der Waals surface area contributed by atoms with E-state index in [1.807, 2.05) is 6.26 Å². The van der Waals surface area contributed by atoms with Gasteiger partial charge in [0, 0.05) is 19.1 Å². The van der Waals surface area contributed by atoms with Crippen molar-refractivity contribution in [2.75, 3.05) is 30.0 Å². The second-order valence-corrected chi connectivity index (χ2v) is 5.94. The van der Waals surface area contributed by atoms with Gasteiger partial charge in [0.1, 0.15) is 15.9 Å². The summed E-state index contributed by atoms with van der Waals surface area (Å²) in [4.78, 5) is 3.97. The van der Waals surface area contributed by atoms with Crippen molar-refractivity contribution in [2.24, 2.45) is 5.73 Å². The molecule has 0 amide bonds. The molecule has 6 heteroatoms. The summed E-state index contributed by atoms with van der Waals surface area (Å²) in [5.74, 6) is 0. The maximum absolute atomic E-state index is 9.02. The van der Waals surface area contributed by atoms with E-state index < -0.39 is 0 Å². The van der Waals surface area contributed by atoms with E-state index in [-0.39, 0.29) is 0 Å². The van der Waals surface area contributed by atoms with Gasteiger partial charge in [-0.25, -0.2) is 0 Å². The number of nitriles is 1. The van der Waals surface area contributed by atoms with E-state index >= 15 is 0 Å². The number of anilines is 2. The van der Waals surface area contributed by atoms with Crippen LogP contribution < -0.4 is 16.4 Å². The van der Waals surface area contributed by atoms with Crippen LogP contribution in [0.15, 0.2) is 4.90 Å². The molecule has 92 valence electrons. The van der Waals surface area contributed by atoms with E-state index in [0.717, 1.165) is 35.8 Å². The van der Waals surface area contributed by atoms with Gasteiger partial charge in [-0.3, -0.25) is 0 Å². The summed E-state index contributed by atoms with van der Waals surface area (Å²) in [5.41, 5.74) is 12.5. The van der Waals surface area contributed by atoms with Crippen LogP contribution in [0.5, 0.6) is 0 Å². The van der Waals surface area contributed by atoms with Gasteiger partial charge in [-0.1, -0.05) is 0 Å². The average molecular weight is 268 g/mol. The molecule has 0 aromatic carbocycles. The molecule has 0 atom stereocenters. The van der Waals surface area contributed by atoms with E-state index in [2.05, 4.69) is 11.0 Å². The minimum absolute atomic E-state index is 0.316. The number of nitrogen functional groups attached to an aromatic ring is 1. The summed E-state index contributed by atoms with van der Waals surface area (Å²) in [5, 5.41) is 10.2. The van der Waals surface area contributed by atoms with Crippen LogP contribution in [-0.2, 0) is 0 Å². The number of thioether (sulfide) groups is 1. The molecule has 0 spiro atoms. The molecule has 1 saturated heterocycles. The van der Waals surface area contributed by atoms with Gasteiger partial charge in [-0.2, -0.15) is 5.26 Å². The number of rotatable bonds is 2. The first kappa shape index (κ1) is 12.6. The molecule has 0 unspecified atom stereocenters. The molecule has 0 bridgehead atoms. The van der Waals surface area contributed by atoms with E-state index in [4.69, 9.17) is 16.7 Å². The molecule has 2 rings (SSSR count). The Kier molecular flexibility index (Phi) is 3.82. The molecule has 1 fully saturated rings. The fourth-order valence-corrected chi connectivity index (χ4v) is 4.04. The zero-order valence-electron chi connectivity index (χ0n) is 9.77. The highest BCUT2D eigenvalue weighted by Gasteiger charge is 2.23. The molecule has 0 saturated carbocycles. The Morgan fingerprint density at radius 2 is 2.12 bits per heavy atom. The fourth-order valence-electron chi connectivity index (χ4n) is 2.01. The lowest BCUT2D eigenvalue weighted by Crippen LogP contribution is -2.39. The van der Waals surface area contributed by atoms with Crippen molar-refractivity contribution in [3.8, 4) is 6.07 Å². The quantitative estimate of drug-likeness (QED) is 0.800. The number of hydrogen-bond acceptors (Lipinski definition) is 6. The molecule has 4 N–H and O–H groups in total. The summed E-state index contributed by atoms with van der Waals surface area (Å²) in [6, 6.07) is 2.48. The lowest BCUT2D eigenvalue weighted by atomic mass is 10.1. The van der Waals surface area contributed by atoms with E-state index in [1.165, 1.54) is 11.3 Å². The third-order valence-corrected chi connectivity index (χ3v) is 5.14. The Balaban J connectivity index is 2.29. The van der Waals surface area contributed by atoms with Crippen LogP contribution >= 0.6 is 23.1 Å². The minimum Gasteiger partial charge on any atom is -0.396 e. The smallest absolute Gasteiger partial charge is 0.131 e. The van der Waals surface area contributed by atoms with Gasteiger partial charge in [0.05, 0.1) is 10.6 Å². The van der Waals surface area contributed by atoms with Crippen molar-refractivity contribution in [2.45, 2.75) is 23.8 Å². The number of piperidine rings is 1. The van der Waals surface area contributed by atoms with Crippen molar-refractivity contribution in [1.29, 1.82) is 5.26 Å². The summed E-state index contributed by atoms with van der Waals surface area (Å²) in [6.07, 6.45) is 4.01. The Morgan fingerprint density at radius 1 is 1.47 bits per heavy atom. The van der Waals surface area contributed by atoms with Crippen LogP contribution in [0.1, 0.15) is 17.7 Å².